The Morgan fingerprint density at radius 3 is 2.61 bits per heavy atom. The van der Waals surface area contributed by atoms with Crippen molar-refractivity contribution in [3.05, 3.63) is 39.9 Å². The van der Waals surface area contributed by atoms with Gasteiger partial charge in [0.15, 0.2) is 5.52 Å². The summed E-state index contributed by atoms with van der Waals surface area (Å²) in [6, 6.07) is 7.08. The summed E-state index contributed by atoms with van der Waals surface area (Å²) in [5.74, 6) is 5.58. The molecule has 0 bridgehead atoms. The molecule has 1 aromatic carbocycles. The molecular weight excluding hydrogens is 530 g/mol. The van der Waals surface area contributed by atoms with Gasteiger partial charge in [0.2, 0.25) is 0 Å². The Balaban J connectivity index is 1.65. The van der Waals surface area contributed by atoms with E-state index in [2.05, 4.69) is 37.9 Å². The Kier molecular flexibility index (Phi) is 6.98. The Morgan fingerprint density at radius 2 is 1.94 bits per heavy atom. The van der Waals surface area contributed by atoms with E-state index in [4.69, 9.17) is 4.74 Å². The number of aromatic nitrogens is 3. The van der Waals surface area contributed by atoms with E-state index in [0.29, 0.717) is 22.1 Å². The van der Waals surface area contributed by atoms with E-state index in [0.717, 1.165) is 60.5 Å². The van der Waals surface area contributed by atoms with Gasteiger partial charge in [-0.05, 0) is 99.6 Å². The highest BCUT2D eigenvalue weighted by Gasteiger charge is 2.32. The number of benzene rings is 1. The molecule has 2 aliphatic rings. The van der Waals surface area contributed by atoms with Crippen LogP contribution in [0.15, 0.2) is 28.7 Å². The van der Waals surface area contributed by atoms with Gasteiger partial charge in [0.05, 0.1) is 11.2 Å². The summed E-state index contributed by atoms with van der Waals surface area (Å²) in [5, 5.41) is 4.06. The SMILES string of the molecule is CC#CC(=O)N(c1ccc2c(n1)c(OC1CCCCC1)nn2C(F)F)c1cc(C)c(Br)cc1C1CC1. The maximum Gasteiger partial charge on any atom is 0.333 e. The van der Waals surface area contributed by atoms with Crippen molar-refractivity contribution in [2.24, 2.45) is 0 Å². The van der Waals surface area contributed by atoms with Crippen LogP contribution < -0.4 is 9.64 Å². The zero-order chi connectivity index (χ0) is 25.4. The van der Waals surface area contributed by atoms with Gasteiger partial charge < -0.3 is 4.74 Å². The van der Waals surface area contributed by atoms with Crippen LogP contribution in [0.1, 0.15) is 75.5 Å². The summed E-state index contributed by atoms with van der Waals surface area (Å²) >= 11 is 3.61. The molecular formula is C27H27BrF2N4O2. The van der Waals surface area contributed by atoms with E-state index in [1.165, 1.54) is 11.0 Å². The molecule has 0 spiro atoms. The van der Waals surface area contributed by atoms with Crippen LogP contribution in [0.3, 0.4) is 0 Å². The number of hydrogen-bond acceptors (Lipinski definition) is 4. The topological polar surface area (TPSA) is 60.3 Å². The number of nitrogens with zero attached hydrogens (tertiary/aromatic N) is 4. The number of carbonyl (C=O) groups is 1. The van der Waals surface area contributed by atoms with Crippen molar-refractivity contribution in [2.75, 3.05) is 4.90 Å². The molecule has 6 nitrogen and oxygen atoms in total. The number of pyridine rings is 1. The second kappa shape index (κ2) is 10.2. The van der Waals surface area contributed by atoms with Crippen LogP contribution in [-0.2, 0) is 4.79 Å². The molecule has 3 aromatic rings. The van der Waals surface area contributed by atoms with Gasteiger partial charge in [-0.25, -0.2) is 4.98 Å². The van der Waals surface area contributed by atoms with Crippen LogP contribution in [-0.4, -0.2) is 26.8 Å². The van der Waals surface area contributed by atoms with Gasteiger partial charge >= 0.3 is 12.5 Å². The van der Waals surface area contributed by atoms with E-state index >= 15 is 0 Å². The van der Waals surface area contributed by atoms with Gasteiger partial charge in [0.25, 0.3) is 5.88 Å². The first-order valence-corrected chi connectivity index (χ1v) is 13.1. The minimum atomic E-state index is -2.84. The van der Waals surface area contributed by atoms with Gasteiger partial charge in [-0.15, -0.1) is 5.10 Å². The van der Waals surface area contributed by atoms with Crippen LogP contribution in [0.2, 0.25) is 0 Å². The lowest BCUT2D eigenvalue weighted by Crippen LogP contribution is -2.26. The number of ether oxygens (including phenoxy) is 1. The Morgan fingerprint density at radius 1 is 1.19 bits per heavy atom. The zero-order valence-corrected chi connectivity index (χ0v) is 21.8. The third kappa shape index (κ3) is 4.83. The summed E-state index contributed by atoms with van der Waals surface area (Å²) in [6.07, 6.45) is 6.88. The molecule has 9 heteroatoms. The van der Waals surface area contributed by atoms with E-state index in [9.17, 15) is 13.6 Å². The second-order valence-electron chi connectivity index (χ2n) is 9.39. The lowest BCUT2D eigenvalue weighted by atomic mass is 9.98. The average Bonchev–Trinajstić information content (AvgIpc) is 3.64. The van der Waals surface area contributed by atoms with E-state index < -0.39 is 12.5 Å². The van der Waals surface area contributed by atoms with Crippen LogP contribution in [0.5, 0.6) is 5.88 Å². The van der Waals surface area contributed by atoms with Crippen molar-refractivity contribution >= 4 is 44.4 Å². The number of hydrogen-bond donors (Lipinski definition) is 0. The number of rotatable bonds is 6. The summed E-state index contributed by atoms with van der Waals surface area (Å²) in [4.78, 5) is 19.5. The predicted octanol–water partition coefficient (Wildman–Crippen LogP) is 7.17. The second-order valence-corrected chi connectivity index (χ2v) is 10.2. The molecule has 2 fully saturated rings. The Labute approximate surface area is 217 Å². The molecule has 1 amide bonds. The monoisotopic (exact) mass is 556 g/mol. The first-order chi connectivity index (χ1) is 17.4. The van der Waals surface area contributed by atoms with E-state index in [1.807, 2.05) is 19.1 Å². The average molecular weight is 557 g/mol. The Bertz CT molecular complexity index is 1370. The predicted molar refractivity (Wildman–Crippen MR) is 138 cm³/mol. The molecule has 5 rings (SSSR count). The molecule has 0 N–H and O–H groups in total. The fraction of sp³-hybridized carbons (Fsp3) is 0.444. The first kappa shape index (κ1) is 24.7. The molecule has 2 aromatic heterocycles. The molecule has 2 aliphatic carbocycles. The largest absolute Gasteiger partial charge is 0.472 e. The summed E-state index contributed by atoms with van der Waals surface area (Å²) < 4.78 is 35.3. The molecule has 2 heterocycles. The quantitative estimate of drug-likeness (QED) is 0.302. The summed E-state index contributed by atoms with van der Waals surface area (Å²) in [5.41, 5.74) is 3.06. The minimum Gasteiger partial charge on any atom is -0.472 e. The number of halogens is 3. The highest BCUT2D eigenvalue weighted by atomic mass is 79.9. The standard InChI is InChI=1S/C27H27BrF2N4O2/c1-3-7-24(35)33(22-14-16(2)20(28)15-19(22)17-10-11-17)23-13-12-21-25(31-23)26(32-34(21)27(29)30)36-18-8-5-4-6-9-18/h12-15,17-18,27H,4-6,8-11H2,1-2H3. The van der Waals surface area contributed by atoms with Crippen molar-refractivity contribution < 1.29 is 18.3 Å². The van der Waals surface area contributed by atoms with Gasteiger partial charge in [-0.3, -0.25) is 9.69 Å². The van der Waals surface area contributed by atoms with Crippen LogP contribution >= 0.6 is 15.9 Å². The molecule has 0 aliphatic heterocycles. The maximum atomic E-state index is 13.8. The van der Waals surface area contributed by atoms with Crippen LogP contribution in [0.4, 0.5) is 20.3 Å². The van der Waals surface area contributed by atoms with Crippen molar-refractivity contribution in [3.63, 3.8) is 0 Å². The maximum absolute atomic E-state index is 13.8. The molecule has 0 unspecified atom stereocenters. The van der Waals surface area contributed by atoms with Gasteiger partial charge in [0, 0.05) is 4.47 Å². The van der Waals surface area contributed by atoms with E-state index in [1.54, 1.807) is 13.0 Å². The molecule has 0 saturated heterocycles. The number of aryl methyl sites for hydroxylation is 1. The minimum absolute atomic E-state index is 0.0717. The zero-order valence-electron chi connectivity index (χ0n) is 20.2. The lowest BCUT2D eigenvalue weighted by molar-refractivity contribution is -0.112. The highest BCUT2D eigenvalue weighted by Crippen LogP contribution is 2.47. The summed E-state index contributed by atoms with van der Waals surface area (Å²) in [7, 11) is 0. The van der Waals surface area contributed by atoms with E-state index in [-0.39, 0.29) is 23.0 Å². The van der Waals surface area contributed by atoms with Gasteiger partial charge in [-0.2, -0.15) is 13.5 Å². The Hall–Kier alpha value is -2.99. The lowest BCUT2D eigenvalue weighted by Gasteiger charge is -2.24. The fourth-order valence-electron chi connectivity index (χ4n) is 4.77. The number of fused-ring (bicyclic) bond motifs is 1. The fourth-order valence-corrected chi connectivity index (χ4v) is 5.13. The van der Waals surface area contributed by atoms with Crippen molar-refractivity contribution in [1.82, 2.24) is 14.8 Å². The first-order valence-electron chi connectivity index (χ1n) is 12.3. The highest BCUT2D eigenvalue weighted by molar-refractivity contribution is 9.10. The normalized spacial score (nSPS) is 16.2. The van der Waals surface area contributed by atoms with Gasteiger partial charge in [-0.1, -0.05) is 28.3 Å². The van der Waals surface area contributed by atoms with Crippen molar-refractivity contribution in [2.45, 2.75) is 77.4 Å². The molecule has 0 radical (unpaired) electrons. The number of alkyl halides is 2. The smallest absolute Gasteiger partial charge is 0.333 e. The van der Waals surface area contributed by atoms with Crippen molar-refractivity contribution in [3.8, 4) is 17.7 Å². The molecule has 36 heavy (non-hydrogen) atoms. The van der Waals surface area contributed by atoms with Crippen LogP contribution in [0, 0.1) is 18.8 Å². The number of anilines is 2. The van der Waals surface area contributed by atoms with Gasteiger partial charge in [0.1, 0.15) is 11.9 Å². The summed E-state index contributed by atoms with van der Waals surface area (Å²) in [6.45, 7) is 0.713. The number of carbonyl (C=O) groups excluding carboxylic acids is 1. The number of amides is 1. The molecule has 188 valence electrons. The van der Waals surface area contributed by atoms with Crippen molar-refractivity contribution in [1.29, 1.82) is 0 Å². The van der Waals surface area contributed by atoms with Crippen LogP contribution in [0.25, 0.3) is 11.0 Å². The third-order valence-corrected chi connectivity index (χ3v) is 7.61. The molecule has 0 atom stereocenters. The molecule has 2 saturated carbocycles. The third-order valence-electron chi connectivity index (χ3n) is 6.75.